The van der Waals surface area contributed by atoms with E-state index in [1.807, 2.05) is 0 Å². The number of hydrogen-bond acceptors (Lipinski definition) is 6. The third-order valence-corrected chi connectivity index (χ3v) is 12.0. The highest BCUT2D eigenvalue weighted by Crippen LogP contribution is 2.15. The lowest BCUT2D eigenvalue weighted by Crippen LogP contribution is -2.30. The number of hydrogen-bond donors (Lipinski definition) is 0. The Kier molecular flexibility index (Phi) is 50.8. The molecule has 0 rings (SSSR count). The third-order valence-electron chi connectivity index (χ3n) is 12.0. The van der Waals surface area contributed by atoms with Crippen molar-refractivity contribution in [2.24, 2.45) is 0 Å². The van der Waals surface area contributed by atoms with Crippen LogP contribution in [0.3, 0.4) is 0 Å². The molecule has 0 radical (unpaired) electrons. The predicted molar refractivity (Wildman–Crippen MR) is 275 cm³/mol. The lowest BCUT2D eigenvalue weighted by molar-refractivity contribution is -0.167. The molecule has 1 atom stereocenters. The van der Waals surface area contributed by atoms with Crippen molar-refractivity contribution in [2.75, 3.05) is 13.2 Å². The van der Waals surface area contributed by atoms with Gasteiger partial charge in [0.15, 0.2) is 6.10 Å². The summed E-state index contributed by atoms with van der Waals surface area (Å²) in [5, 5.41) is 0. The van der Waals surface area contributed by atoms with Crippen LogP contribution in [0.1, 0.15) is 284 Å². The molecule has 0 aliphatic heterocycles. The van der Waals surface area contributed by atoms with Gasteiger partial charge in [0.2, 0.25) is 0 Å². The second kappa shape index (κ2) is 53.0. The number of carbonyl (C=O) groups is 3. The molecule has 0 amide bonds. The van der Waals surface area contributed by atoms with Crippen LogP contribution >= 0.6 is 0 Å². The lowest BCUT2D eigenvalue weighted by Gasteiger charge is -2.18. The van der Waals surface area contributed by atoms with Crippen LogP contribution in [0.25, 0.3) is 0 Å². The van der Waals surface area contributed by atoms with Crippen LogP contribution in [-0.2, 0) is 28.6 Å². The van der Waals surface area contributed by atoms with Crippen molar-refractivity contribution >= 4 is 17.9 Å². The molecule has 0 heterocycles. The van der Waals surface area contributed by atoms with Gasteiger partial charge in [0, 0.05) is 19.3 Å². The first-order valence-electron chi connectivity index (χ1n) is 27.6. The van der Waals surface area contributed by atoms with Gasteiger partial charge in [0.25, 0.3) is 0 Å². The van der Waals surface area contributed by atoms with Gasteiger partial charge in [0.1, 0.15) is 13.2 Å². The van der Waals surface area contributed by atoms with Gasteiger partial charge < -0.3 is 14.2 Å². The molecule has 1 unspecified atom stereocenters. The van der Waals surface area contributed by atoms with E-state index in [1.54, 1.807) is 0 Å². The van der Waals surface area contributed by atoms with E-state index < -0.39 is 6.10 Å². The Hall–Kier alpha value is -2.63. The summed E-state index contributed by atoms with van der Waals surface area (Å²) in [7, 11) is 0. The highest BCUT2D eigenvalue weighted by atomic mass is 16.6. The normalized spacial score (nSPS) is 12.4. The number of carbonyl (C=O) groups excluding carboxylic acids is 3. The summed E-state index contributed by atoms with van der Waals surface area (Å²) in [4.78, 5) is 38.0. The van der Waals surface area contributed by atoms with Crippen LogP contribution in [0.2, 0.25) is 0 Å². The maximum Gasteiger partial charge on any atom is 0.306 e. The van der Waals surface area contributed by atoms with Gasteiger partial charge in [-0.3, -0.25) is 14.4 Å². The van der Waals surface area contributed by atoms with E-state index in [0.29, 0.717) is 19.3 Å². The summed E-state index contributed by atoms with van der Waals surface area (Å²) < 4.78 is 16.8. The molecule has 0 saturated heterocycles. The van der Waals surface area contributed by atoms with Gasteiger partial charge in [-0.1, -0.05) is 217 Å². The fourth-order valence-corrected chi connectivity index (χ4v) is 7.82. The van der Waals surface area contributed by atoms with Crippen molar-refractivity contribution < 1.29 is 28.6 Å². The molecule has 0 spiro atoms. The smallest absolute Gasteiger partial charge is 0.306 e. The van der Waals surface area contributed by atoms with Gasteiger partial charge in [0.05, 0.1) is 0 Å². The zero-order chi connectivity index (χ0) is 46.5. The molecule has 0 N–H and O–H groups in total. The number of rotatable bonds is 50. The molecule has 0 aromatic carbocycles. The molecule has 0 aromatic rings. The summed E-state index contributed by atoms with van der Waals surface area (Å²) >= 11 is 0. The van der Waals surface area contributed by atoms with Crippen molar-refractivity contribution in [3.8, 4) is 0 Å². The van der Waals surface area contributed by atoms with Crippen LogP contribution in [0.5, 0.6) is 0 Å². The Labute approximate surface area is 397 Å². The Bertz CT molecular complexity index is 1120. The van der Waals surface area contributed by atoms with Crippen LogP contribution in [0.15, 0.2) is 48.6 Å². The fourth-order valence-electron chi connectivity index (χ4n) is 7.82. The standard InChI is InChI=1S/C58H104O6/c1-4-7-10-13-16-19-22-24-26-28-30-32-34-36-39-42-45-48-51-57(60)63-54-55(53-62-56(59)50-47-44-41-38-21-18-15-12-9-6-3)64-58(61)52-49-46-43-40-37-35-33-31-29-27-25-23-20-17-14-11-8-5-2/h12,15,19,22,26-29,55H,4-11,13-14,16-18,20-21,23-25,30-54H2,1-3H3/b15-12-,22-19-,28-26-,29-27-. The van der Waals surface area contributed by atoms with E-state index in [-0.39, 0.29) is 31.1 Å². The van der Waals surface area contributed by atoms with Crippen molar-refractivity contribution in [2.45, 2.75) is 290 Å². The van der Waals surface area contributed by atoms with E-state index in [9.17, 15) is 14.4 Å². The van der Waals surface area contributed by atoms with Crippen molar-refractivity contribution in [3.63, 3.8) is 0 Å². The molecule has 6 heteroatoms. The molecule has 0 fully saturated rings. The van der Waals surface area contributed by atoms with Crippen LogP contribution in [-0.4, -0.2) is 37.2 Å². The molecule has 0 aliphatic carbocycles. The first kappa shape index (κ1) is 61.4. The minimum Gasteiger partial charge on any atom is -0.462 e. The average Bonchev–Trinajstić information content (AvgIpc) is 3.29. The molecule has 64 heavy (non-hydrogen) atoms. The SMILES string of the molecule is CCC/C=C\CCCCCCCC(=O)OCC(COC(=O)CCCCCCCCC/C=C\C/C=C\CCCCCC)OC(=O)CCCCCCCCC/C=C\CCCCCCCCC. The molecule has 0 saturated carbocycles. The minimum atomic E-state index is -0.780. The zero-order valence-corrected chi connectivity index (χ0v) is 42.6. The zero-order valence-electron chi connectivity index (χ0n) is 42.6. The van der Waals surface area contributed by atoms with Gasteiger partial charge in [-0.25, -0.2) is 0 Å². The number of unbranched alkanes of at least 4 members (excludes halogenated alkanes) is 31. The Morgan fingerprint density at radius 1 is 0.312 bits per heavy atom. The summed E-state index contributed by atoms with van der Waals surface area (Å²) in [6, 6.07) is 0. The monoisotopic (exact) mass is 897 g/mol. The molecular formula is C58H104O6. The van der Waals surface area contributed by atoms with Gasteiger partial charge in [-0.15, -0.1) is 0 Å². The predicted octanol–water partition coefficient (Wildman–Crippen LogP) is 18.3. The quantitative estimate of drug-likeness (QED) is 0.0262. The Morgan fingerprint density at radius 3 is 0.953 bits per heavy atom. The molecule has 0 aliphatic rings. The molecular weight excluding hydrogens is 793 g/mol. The topological polar surface area (TPSA) is 78.9 Å². The van der Waals surface area contributed by atoms with E-state index in [2.05, 4.69) is 69.4 Å². The molecule has 0 bridgehead atoms. The van der Waals surface area contributed by atoms with Crippen LogP contribution in [0, 0.1) is 0 Å². The van der Waals surface area contributed by atoms with Gasteiger partial charge in [-0.2, -0.15) is 0 Å². The molecule has 0 aromatic heterocycles. The second-order valence-electron chi connectivity index (χ2n) is 18.5. The van der Waals surface area contributed by atoms with E-state index >= 15 is 0 Å². The van der Waals surface area contributed by atoms with Crippen LogP contribution < -0.4 is 0 Å². The molecule has 372 valence electrons. The van der Waals surface area contributed by atoms with E-state index in [1.165, 1.54) is 161 Å². The van der Waals surface area contributed by atoms with Crippen molar-refractivity contribution in [3.05, 3.63) is 48.6 Å². The van der Waals surface area contributed by atoms with E-state index in [4.69, 9.17) is 14.2 Å². The van der Waals surface area contributed by atoms with Gasteiger partial charge in [-0.05, 0) is 96.3 Å². The van der Waals surface area contributed by atoms with Crippen molar-refractivity contribution in [1.29, 1.82) is 0 Å². The van der Waals surface area contributed by atoms with Gasteiger partial charge >= 0.3 is 17.9 Å². The highest BCUT2D eigenvalue weighted by Gasteiger charge is 2.19. The maximum atomic E-state index is 12.8. The lowest BCUT2D eigenvalue weighted by atomic mass is 10.1. The summed E-state index contributed by atoms with van der Waals surface area (Å²) in [6.07, 6.45) is 63.9. The molecule has 6 nitrogen and oxygen atoms in total. The van der Waals surface area contributed by atoms with E-state index in [0.717, 1.165) is 83.5 Å². The maximum absolute atomic E-state index is 12.8. The summed E-state index contributed by atoms with van der Waals surface area (Å²) in [6.45, 7) is 6.56. The largest absolute Gasteiger partial charge is 0.462 e. The number of esters is 3. The second-order valence-corrected chi connectivity index (χ2v) is 18.5. The summed E-state index contributed by atoms with van der Waals surface area (Å²) in [5.41, 5.74) is 0. The third kappa shape index (κ3) is 50.4. The number of ether oxygens (including phenoxy) is 3. The van der Waals surface area contributed by atoms with Crippen LogP contribution in [0.4, 0.5) is 0 Å². The average molecular weight is 897 g/mol. The first-order chi connectivity index (χ1) is 31.5. The van der Waals surface area contributed by atoms with Crippen molar-refractivity contribution in [1.82, 2.24) is 0 Å². The highest BCUT2D eigenvalue weighted by molar-refractivity contribution is 5.71. The number of allylic oxidation sites excluding steroid dienone is 8. The summed E-state index contributed by atoms with van der Waals surface area (Å²) in [5.74, 6) is -0.894. The fraction of sp³-hybridized carbons (Fsp3) is 0.810. The minimum absolute atomic E-state index is 0.0807. The Morgan fingerprint density at radius 2 is 0.594 bits per heavy atom. The Balaban J connectivity index is 4.33. The first-order valence-corrected chi connectivity index (χ1v) is 27.6.